The maximum absolute atomic E-state index is 12.2. The lowest BCUT2D eigenvalue weighted by Gasteiger charge is -2.37. The molecule has 1 aliphatic heterocycles. The second-order valence-corrected chi connectivity index (χ2v) is 6.99. The van der Waals surface area contributed by atoms with E-state index >= 15 is 0 Å². The fraction of sp³-hybridized carbons (Fsp3) is 0.286. The quantitative estimate of drug-likeness (QED) is 0.485. The van der Waals surface area contributed by atoms with Gasteiger partial charge in [0.15, 0.2) is 0 Å². The van der Waals surface area contributed by atoms with Gasteiger partial charge in [-0.3, -0.25) is 14.9 Å². The Morgan fingerprint density at radius 2 is 2.04 bits per heavy atom. The molecule has 2 aromatic rings. The molecule has 1 amide bonds. The average Bonchev–Trinajstić information content (AvgIpc) is 3.17. The average molecular weight is 363 g/mol. The molecule has 2 N–H and O–H groups in total. The van der Waals surface area contributed by atoms with Gasteiger partial charge in [0.25, 0.3) is 11.6 Å². The molecule has 0 fully saturated rings. The van der Waals surface area contributed by atoms with Crippen molar-refractivity contribution in [1.29, 1.82) is 0 Å². The zero-order valence-electron chi connectivity index (χ0n) is 15.0. The van der Waals surface area contributed by atoms with Gasteiger partial charge in [-0.05, 0) is 48.6 Å². The fourth-order valence-electron chi connectivity index (χ4n) is 4.13. The Kier molecular flexibility index (Phi) is 4.39. The third-order valence-electron chi connectivity index (χ3n) is 5.43. The predicted octanol–water partition coefficient (Wildman–Crippen LogP) is 4.17. The normalized spacial score (nSPS) is 22.5. The lowest BCUT2D eigenvalue weighted by molar-refractivity contribution is -0.384. The van der Waals surface area contributed by atoms with Gasteiger partial charge in [-0.15, -0.1) is 0 Å². The maximum Gasteiger partial charge on any atom is 0.269 e. The summed E-state index contributed by atoms with van der Waals surface area (Å²) in [6.07, 6.45) is 5.33. The number of carbonyl (C=O) groups is 1. The van der Waals surface area contributed by atoms with Gasteiger partial charge in [-0.25, -0.2) is 0 Å². The van der Waals surface area contributed by atoms with E-state index in [4.69, 9.17) is 0 Å². The third kappa shape index (κ3) is 3.07. The minimum Gasteiger partial charge on any atom is -0.378 e. The van der Waals surface area contributed by atoms with Crippen molar-refractivity contribution in [1.82, 2.24) is 5.32 Å². The molecule has 3 unspecified atom stereocenters. The van der Waals surface area contributed by atoms with Gasteiger partial charge in [0, 0.05) is 35.8 Å². The monoisotopic (exact) mass is 363 g/mol. The molecule has 0 aromatic heterocycles. The summed E-state index contributed by atoms with van der Waals surface area (Å²) in [6, 6.07) is 12.6. The highest BCUT2D eigenvalue weighted by molar-refractivity contribution is 5.95. The van der Waals surface area contributed by atoms with Gasteiger partial charge in [-0.1, -0.05) is 24.3 Å². The molecule has 0 bridgehead atoms. The van der Waals surface area contributed by atoms with Crippen molar-refractivity contribution in [2.45, 2.75) is 25.3 Å². The third-order valence-corrected chi connectivity index (χ3v) is 5.43. The van der Waals surface area contributed by atoms with Gasteiger partial charge in [0.1, 0.15) is 0 Å². The molecule has 0 radical (unpaired) electrons. The second kappa shape index (κ2) is 6.87. The summed E-state index contributed by atoms with van der Waals surface area (Å²) in [4.78, 5) is 22.7. The van der Waals surface area contributed by atoms with Crippen molar-refractivity contribution >= 4 is 17.3 Å². The highest BCUT2D eigenvalue weighted by Gasteiger charge is 2.38. The minimum atomic E-state index is -0.379. The molecule has 0 saturated heterocycles. The number of carbonyl (C=O) groups excluding carboxylic acids is 1. The van der Waals surface area contributed by atoms with Crippen LogP contribution in [-0.4, -0.2) is 17.4 Å². The predicted molar refractivity (Wildman–Crippen MR) is 104 cm³/mol. The number of allylic oxidation sites excluding steroid dienone is 2. The largest absolute Gasteiger partial charge is 0.378 e. The number of benzene rings is 2. The van der Waals surface area contributed by atoms with E-state index in [1.54, 1.807) is 12.1 Å². The first-order chi connectivity index (χ1) is 13.1. The van der Waals surface area contributed by atoms with E-state index in [1.807, 2.05) is 37.3 Å². The molecule has 1 heterocycles. The van der Waals surface area contributed by atoms with Crippen LogP contribution in [0.1, 0.15) is 46.8 Å². The van der Waals surface area contributed by atoms with E-state index in [0.29, 0.717) is 18.0 Å². The van der Waals surface area contributed by atoms with Crippen LogP contribution in [0.2, 0.25) is 0 Å². The Morgan fingerprint density at radius 3 is 2.74 bits per heavy atom. The van der Waals surface area contributed by atoms with Gasteiger partial charge in [0.05, 0.1) is 11.0 Å². The molecule has 6 nitrogen and oxygen atoms in total. The number of nitro groups is 1. The topological polar surface area (TPSA) is 84.3 Å². The number of non-ortho nitro benzene ring substituents is 1. The Morgan fingerprint density at radius 1 is 1.26 bits per heavy atom. The second-order valence-electron chi connectivity index (χ2n) is 6.99. The standard InChI is InChI=1S/C21H21N3O3/c1-2-22-21(25)14-8-11-19-18(12-14)16-4-3-5-17(16)20(23-19)13-6-9-15(10-7-13)24(26)27/h3-4,6-12,16-17,20,23H,2,5H2,1H3,(H,22,25). The number of hydrogen-bond donors (Lipinski definition) is 2. The lowest BCUT2D eigenvalue weighted by Crippen LogP contribution is -2.30. The van der Waals surface area contributed by atoms with Gasteiger partial charge < -0.3 is 10.6 Å². The number of anilines is 1. The summed E-state index contributed by atoms with van der Waals surface area (Å²) in [5.74, 6) is 0.496. The Hall–Kier alpha value is -3.15. The van der Waals surface area contributed by atoms with Crippen LogP contribution in [0.25, 0.3) is 0 Å². The van der Waals surface area contributed by atoms with Gasteiger partial charge in [0.2, 0.25) is 0 Å². The van der Waals surface area contributed by atoms with Crippen LogP contribution in [-0.2, 0) is 0 Å². The van der Waals surface area contributed by atoms with E-state index in [0.717, 1.165) is 23.2 Å². The summed E-state index contributed by atoms with van der Waals surface area (Å²) in [5, 5.41) is 17.4. The molecule has 2 aromatic carbocycles. The molecule has 0 spiro atoms. The zero-order valence-corrected chi connectivity index (χ0v) is 15.0. The Balaban J connectivity index is 1.68. The first kappa shape index (κ1) is 17.3. The van der Waals surface area contributed by atoms with Crippen LogP contribution < -0.4 is 10.6 Å². The van der Waals surface area contributed by atoms with E-state index in [1.165, 1.54) is 0 Å². The van der Waals surface area contributed by atoms with Crippen LogP contribution in [0.4, 0.5) is 11.4 Å². The minimum absolute atomic E-state index is 0.0590. The molecule has 27 heavy (non-hydrogen) atoms. The van der Waals surface area contributed by atoms with E-state index in [-0.39, 0.29) is 28.5 Å². The maximum atomic E-state index is 12.2. The van der Waals surface area contributed by atoms with Crippen molar-refractivity contribution in [3.05, 3.63) is 81.4 Å². The molecule has 6 heteroatoms. The van der Waals surface area contributed by atoms with E-state index in [2.05, 4.69) is 22.8 Å². The Labute approximate surface area is 157 Å². The molecule has 3 atom stereocenters. The molecule has 1 aliphatic carbocycles. The molecule has 0 saturated carbocycles. The highest BCUT2D eigenvalue weighted by atomic mass is 16.6. The van der Waals surface area contributed by atoms with Gasteiger partial charge in [-0.2, -0.15) is 0 Å². The zero-order chi connectivity index (χ0) is 19.0. The summed E-state index contributed by atoms with van der Waals surface area (Å²) in [5.41, 5.74) is 3.96. The molecular weight excluding hydrogens is 342 g/mol. The molecule has 4 rings (SSSR count). The fourth-order valence-corrected chi connectivity index (χ4v) is 4.13. The number of fused-ring (bicyclic) bond motifs is 3. The lowest BCUT2D eigenvalue weighted by atomic mass is 9.76. The first-order valence-electron chi connectivity index (χ1n) is 9.18. The van der Waals surface area contributed by atoms with Crippen molar-refractivity contribution in [3.63, 3.8) is 0 Å². The smallest absolute Gasteiger partial charge is 0.269 e. The van der Waals surface area contributed by atoms with Crippen molar-refractivity contribution < 1.29 is 9.72 Å². The number of nitro benzene ring substituents is 1. The number of nitrogens with one attached hydrogen (secondary N) is 2. The van der Waals surface area contributed by atoms with Crippen LogP contribution in [0.15, 0.2) is 54.6 Å². The van der Waals surface area contributed by atoms with Crippen molar-refractivity contribution in [2.75, 3.05) is 11.9 Å². The highest BCUT2D eigenvalue weighted by Crippen LogP contribution is 2.50. The number of rotatable bonds is 4. The van der Waals surface area contributed by atoms with Crippen molar-refractivity contribution in [2.24, 2.45) is 5.92 Å². The number of hydrogen-bond acceptors (Lipinski definition) is 4. The van der Waals surface area contributed by atoms with E-state index in [9.17, 15) is 14.9 Å². The van der Waals surface area contributed by atoms with Gasteiger partial charge >= 0.3 is 0 Å². The molecular formula is C21H21N3O3. The van der Waals surface area contributed by atoms with Crippen LogP contribution in [0.3, 0.4) is 0 Å². The summed E-state index contributed by atoms with van der Waals surface area (Å²) < 4.78 is 0. The SMILES string of the molecule is CCNC(=O)c1ccc2c(c1)C1C=CCC1C(c1ccc([N+](=O)[O-])cc1)N2. The van der Waals surface area contributed by atoms with Crippen LogP contribution in [0.5, 0.6) is 0 Å². The Bertz CT molecular complexity index is 921. The summed E-state index contributed by atoms with van der Waals surface area (Å²) in [7, 11) is 0. The summed E-state index contributed by atoms with van der Waals surface area (Å²) in [6.45, 7) is 2.50. The number of nitrogens with zero attached hydrogens (tertiary/aromatic N) is 1. The van der Waals surface area contributed by atoms with E-state index < -0.39 is 0 Å². The number of amides is 1. The van der Waals surface area contributed by atoms with Crippen LogP contribution >= 0.6 is 0 Å². The van der Waals surface area contributed by atoms with Crippen molar-refractivity contribution in [3.8, 4) is 0 Å². The summed E-state index contributed by atoms with van der Waals surface area (Å²) >= 11 is 0. The molecule has 138 valence electrons. The molecule has 2 aliphatic rings. The first-order valence-corrected chi connectivity index (χ1v) is 9.18. The van der Waals surface area contributed by atoms with Crippen LogP contribution in [0, 0.1) is 16.0 Å².